The molecule has 6 nitrogen and oxygen atoms in total. The van der Waals surface area contributed by atoms with E-state index >= 15 is 0 Å². The smallest absolute Gasteiger partial charge is 0.251 e. The maximum Gasteiger partial charge on any atom is 0.251 e. The fourth-order valence-corrected chi connectivity index (χ4v) is 5.11. The molecule has 1 aliphatic carbocycles. The molecule has 31 heavy (non-hydrogen) atoms. The number of nitrogens with zero attached hydrogens (tertiary/aromatic N) is 4. The number of rotatable bonds is 8. The van der Waals surface area contributed by atoms with Crippen molar-refractivity contribution in [2.24, 2.45) is 0 Å². The van der Waals surface area contributed by atoms with Gasteiger partial charge in [0.2, 0.25) is 0 Å². The molecule has 1 amide bonds. The zero-order valence-electron chi connectivity index (χ0n) is 18.6. The van der Waals surface area contributed by atoms with Gasteiger partial charge in [-0.05, 0) is 75.8 Å². The fourth-order valence-electron chi connectivity index (χ4n) is 4.53. The molecular weight excluding hydrogens is 406 g/mol. The number of carbonyl (C=O) groups is 1. The molecule has 2 heterocycles. The molecule has 164 valence electrons. The van der Waals surface area contributed by atoms with Crippen LogP contribution in [0, 0.1) is 13.8 Å². The number of hydrogen-bond donors (Lipinski definition) is 1. The van der Waals surface area contributed by atoms with E-state index in [-0.39, 0.29) is 5.91 Å². The van der Waals surface area contributed by atoms with Gasteiger partial charge in [-0.1, -0.05) is 24.6 Å². The van der Waals surface area contributed by atoms with E-state index in [2.05, 4.69) is 56.9 Å². The van der Waals surface area contributed by atoms with Gasteiger partial charge in [-0.25, -0.2) is 0 Å². The number of hydrogen-bond acceptors (Lipinski definition) is 4. The van der Waals surface area contributed by atoms with Crippen LogP contribution in [0.25, 0.3) is 5.69 Å². The van der Waals surface area contributed by atoms with Crippen molar-refractivity contribution in [1.82, 2.24) is 24.6 Å². The summed E-state index contributed by atoms with van der Waals surface area (Å²) in [5.74, 6) is 1.02. The summed E-state index contributed by atoms with van der Waals surface area (Å²) in [6.45, 7) is 4.80. The van der Waals surface area contributed by atoms with Crippen LogP contribution in [0.3, 0.4) is 0 Å². The van der Waals surface area contributed by atoms with Crippen LogP contribution in [0.2, 0.25) is 0 Å². The van der Waals surface area contributed by atoms with Crippen LogP contribution in [0.5, 0.6) is 0 Å². The van der Waals surface area contributed by atoms with Gasteiger partial charge in [0.05, 0.1) is 0 Å². The lowest BCUT2D eigenvalue weighted by Crippen LogP contribution is -2.25. The van der Waals surface area contributed by atoms with E-state index < -0.39 is 0 Å². The second-order valence-corrected chi connectivity index (χ2v) is 9.04. The molecule has 1 saturated carbocycles. The monoisotopic (exact) mass is 437 g/mol. The molecule has 0 bridgehead atoms. The van der Waals surface area contributed by atoms with Crippen LogP contribution in [-0.4, -0.2) is 38.0 Å². The molecule has 7 heteroatoms. The minimum atomic E-state index is -0.0328. The molecule has 1 aliphatic rings. The largest absolute Gasteiger partial charge is 0.352 e. The molecule has 2 aromatic heterocycles. The van der Waals surface area contributed by atoms with Crippen LogP contribution in [0.15, 0.2) is 41.6 Å². The number of aromatic nitrogens is 4. The fraction of sp³-hybridized carbons (Fsp3) is 0.458. The number of carbonyl (C=O) groups excluding carboxylic acids is 1. The van der Waals surface area contributed by atoms with Gasteiger partial charge in [-0.3, -0.25) is 4.79 Å². The molecule has 0 radical (unpaired) electrons. The highest BCUT2D eigenvalue weighted by atomic mass is 32.2. The Morgan fingerprint density at radius 2 is 1.74 bits per heavy atom. The molecule has 0 atom stereocenters. The number of amides is 1. The van der Waals surface area contributed by atoms with Gasteiger partial charge in [0.25, 0.3) is 5.91 Å². The minimum absolute atomic E-state index is 0.0328. The third-order valence-corrected chi connectivity index (χ3v) is 6.77. The lowest BCUT2D eigenvalue weighted by atomic mass is 10.2. The Bertz CT molecular complexity index is 1010. The second-order valence-electron chi connectivity index (χ2n) is 8.27. The highest BCUT2D eigenvalue weighted by Crippen LogP contribution is 2.33. The van der Waals surface area contributed by atoms with Gasteiger partial charge in [-0.2, -0.15) is 0 Å². The second kappa shape index (κ2) is 9.73. The Labute approximate surface area is 188 Å². The molecule has 0 saturated heterocycles. The lowest BCUT2D eigenvalue weighted by Gasteiger charge is -2.16. The number of nitrogens with one attached hydrogen (secondary N) is 1. The van der Waals surface area contributed by atoms with Crippen molar-refractivity contribution in [3.63, 3.8) is 0 Å². The number of aryl methyl sites for hydroxylation is 3. The highest BCUT2D eigenvalue weighted by molar-refractivity contribution is 7.98. The Kier molecular flexibility index (Phi) is 6.80. The van der Waals surface area contributed by atoms with Gasteiger partial charge in [0.15, 0.2) is 5.16 Å². The summed E-state index contributed by atoms with van der Waals surface area (Å²) in [4.78, 5) is 12.6. The van der Waals surface area contributed by atoms with E-state index in [1.54, 1.807) is 11.8 Å². The molecule has 0 aliphatic heterocycles. The summed E-state index contributed by atoms with van der Waals surface area (Å²) in [5.41, 5.74) is 4.13. The molecular formula is C24H31N5OS. The van der Waals surface area contributed by atoms with Gasteiger partial charge in [0.1, 0.15) is 5.82 Å². The molecule has 1 N–H and O–H groups in total. The van der Waals surface area contributed by atoms with Crippen molar-refractivity contribution < 1.29 is 4.79 Å². The topological polar surface area (TPSA) is 64.7 Å². The lowest BCUT2D eigenvalue weighted by molar-refractivity contribution is 0.0953. The standard InChI is InChI=1S/C24H31N5OS/c1-17-10-11-18(2)28(17)21-14-12-19(13-15-21)23(30)25-16-6-9-22-26-27-24(31-3)29(22)20-7-4-5-8-20/h10-15,20H,4-9,16H2,1-3H3,(H,25,30). The van der Waals surface area contributed by atoms with E-state index in [4.69, 9.17) is 0 Å². The zero-order valence-corrected chi connectivity index (χ0v) is 19.4. The third-order valence-electron chi connectivity index (χ3n) is 6.13. The van der Waals surface area contributed by atoms with Crippen LogP contribution < -0.4 is 5.32 Å². The Morgan fingerprint density at radius 3 is 2.39 bits per heavy atom. The van der Waals surface area contributed by atoms with Gasteiger partial charge < -0.3 is 14.5 Å². The van der Waals surface area contributed by atoms with E-state index in [1.165, 1.54) is 37.1 Å². The first kappa shape index (κ1) is 21.7. The maximum atomic E-state index is 12.6. The third kappa shape index (κ3) is 4.71. The molecule has 1 fully saturated rings. The molecule has 0 spiro atoms. The van der Waals surface area contributed by atoms with E-state index in [0.29, 0.717) is 18.2 Å². The summed E-state index contributed by atoms with van der Waals surface area (Å²) >= 11 is 1.66. The minimum Gasteiger partial charge on any atom is -0.352 e. The van der Waals surface area contributed by atoms with Crippen LogP contribution >= 0.6 is 11.8 Å². The maximum absolute atomic E-state index is 12.6. The van der Waals surface area contributed by atoms with Crippen molar-refractivity contribution in [1.29, 1.82) is 0 Å². The van der Waals surface area contributed by atoms with Crippen LogP contribution in [-0.2, 0) is 6.42 Å². The summed E-state index contributed by atoms with van der Waals surface area (Å²) in [6.07, 6.45) is 8.74. The molecule has 0 unspecified atom stereocenters. The Hall–Kier alpha value is -2.54. The predicted molar refractivity (Wildman–Crippen MR) is 125 cm³/mol. The van der Waals surface area contributed by atoms with Crippen molar-refractivity contribution in [3.05, 3.63) is 59.2 Å². The van der Waals surface area contributed by atoms with E-state index in [1.807, 2.05) is 24.3 Å². The quantitative estimate of drug-likeness (QED) is 0.403. The van der Waals surface area contributed by atoms with Crippen molar-refractivity contribution in [2.75, 3.05) is 12.8 Å². The van der Waals surface area contributed by atoms with E-state index in [9.17, 15) is 4.79 Å². The van der Waals surface area contributed by atoms with Crippen molar-refractivity contribution >= 4 is 17.7 Å². The van der Waals surface area contributed by atoms with Crippen molar-refractivity contribution in [3.8, 4) is 5.69 Å². The first-order valence-electron chi connectivity index (χ1n) is 11.1. The average molecular weight is 438 g/mol. The Balaban J connectivity index is 1.31. The van der Waals surface area contributed by atoms with Gasteiger partial charge in [-0.15, -0.1) is 10.2 Å². The predicted octanol–water partition coefficient (Wildman–Crippen LogP) is 4.89. The zero-order chi connectivity index (χ0) is 21.8. The number of benzene rings is 1. The van der Waals surface area contributed by atoms with Crippen LogP contribution in [0.1, 0.15) is 65.7 Å². The first-order valence-corrected chi connectivity index (χ1v) is 12.3. The molecule has 3 aromatic rings. The SMILES string of the molecule is CSc1nnc(CCCNC(=O)c2ccc(-n3c(C)ccc3C)cc2)n1C1CCCC1. The summed E-state index contributed by atoms with van der Waals surface area (Å²) in [5, 5.41) is 12.9. The van der Waals surface area contributed by atoms with Crippen LogP contribution in [0.4, 0.5) is 0 Å². The number of thioether (sulfide) groups is 1. The molecule has 4 rings (SSSR count). The van der Waals surface area contributed by atoms with E-state index in [0.717, 1.165) is 29.5 Å². The molecule has 1 aromatic carbocycles. The first-order chi connectivity index (χ1) is 15.1. The Morgan fingerprint density at radius 1 is 1.06 bits per heavy atom. The van der Waals surface area contributed by atoms with Crippen molar-refractivity contribution in [2.45, 2.75) is 63.6 Å². The summed E-state index contributed by atoms with van der Waals surface area (Å²) in [7, 11) is 0. The highest BCUT2D eigenvalue weighted by Gasteiger charge is 2.23. The normalized spacial score (nSPS) is 14.3. The van der Waals surface area contributed by atoms with Gasteiger partial charge in [0, 0.05) is 41.6 Å². The summed E-state index contributed by atoms with van der Waals surface area (Å²) < 4.78 is 4.52. The summed E-state index contributed by atoms with van der Waals surface area (Å²) in [6, 6.07) is 12.5. The van der Waals surface area contributed by atoms with Gasteiger partial charge >= 0.3 is 0 Å². The average Bonchev–Trinajstić information content (AvgIpc) is 3.51.